The molecular formula is C15H13Cl2NO4S. The van der Waals surface area contributed by atoms with Crippen LogP contribution in [-0.2, 0) is 14.8 Å². The van der Waals surface area contributed by atoms with Crippen LogP contribution in [0.15, 0.2) is 47.4 Å². The summed E-state index contributed by atoms with van der Waals surface area (Å²) in [5.74, 6) is -1.28. The summed E-state index contributed by atoms with van der Waals surface area (Å²) in [7, 11) is -4.19. The Kier molecular flexibility index (Phi) is 5.19. The largest absolute Gasteiger partial charge is 0.480 e. The van der Waals surface area contributed by atoms with Crippen LogP contribution in [0.5, 0.6) is 0 Å². The van der Waals surface area contributed by atoms with E-state index in [0.717, 1.165) is 4.31 Å². The maximum absolute atomic E-state index is 12.9. The molecule has 5 nitrogen and oxygen atoms in total. The second-order valence-corrected chi connectivity index (χ2v) is 7.44. The van der Waals surface area contributed by atoms with Crippen LogP contribution in [0.1, 0.15) is 5.56 Å². The number of sulfonamides is 1. The minimum atomic E-state index is -4.19. The van der Waals surface area contributed by atoms with E-state index in [4.69, 9.17) is 28.3 Å². The lowest BCUT2D eigenvalue weighted by Crippen LogP contribution is -2.36. The van der Waals surface area contributed by atoms with Crippen molar-refractivity contribution in [2.45, 2.75) is 11.8 Å². The first-order valence-corrected chi connectivity index (χ1v) is 8.68. The summed E-state index contributed by atoms with van der Waals surface area (Å²) in [6.45, 7) is 0.968. The molecule has 0 aliphatic carbocycles. The summed E-state index contributed by atoms with van der Waals surface area (Å²) >= 11 is 11.8. The van der Waals surface area contributed by atoms with Crippen molar-refractivity contribution in [1.29, 1.82) is 0 Å². The van der Waals surface area contributed by atoms with Gasteiger partial charge in [-0.05, 0) is 36.8 Å². The normalized spacial score (nSPS) is 11.3. The molecule has 0 atom stereocenters. The van der Waals surface area contributed by atoms with Crippen LogP contribution < -0.4 is 4.31 Å². The van der Waals surface area contributed by atoms with Crippen molar-refractivity contribution in [3.8, 4) is 0 Å². The molecule has 0 aliphatic heterocycles. The van der Waals surface area contributed by atoms with Crippen LogP contribution >= 0.6 is 23.2 Å². The number of hydrogen-bond acceptors (Lipinski definition) is 3. The Bertz CT molecular complexity index is 852. The lowest BCUT2D eigenvalue weighted by molar-refractivity contribution is -0.135. The molecule has 0 unspecified atom stereocenters. The standard InChI is InChI=1S/C15H13Cl2NO4S/c1-10-4-2-3-5-13(10)18(9-15(19)20)23(21,22)14-8-11(16)6-7-12(14)17/h2-8H,9H2,1H3,(H,19,20). The van der Waals surface area contributed by atoms with Crippen molar-refractivity contribution in [3.63, 3.8) is 0 Å². The summed E-state index contributed by atoms with van der Waals surface area (Å²) < 4.78 is 26.6. The number of halogens is 2. The van der Waals surface area contributed by atoms with Gasteiger partial charge < -0.3 is 5.11 Å². The summed E-state index contributed by atoms with van der Waals surface area (Å²) in [5.41, 5.74) is 0.890. The molecule has 0 saturated heterocycles. The first kappa shape index (κ1) is 17.6. The number of hydrogen-bond donors (Lipinski definition) is 1. The Morgan fingerprint density at radius 3 is 2.43 bits per heavy atom. The van der Waals surface area contributed by atoms with Crippen LogP contribution in [-0.4, -0.2) is 26.0 Å². The highest BCUT2D eigenvalue weighted by molar-refractivity contribution is 7.93. The fourth-order valence-electron chi connectivity index (χ4n) is 2.06. The lowest BCUT2D eigenvalue weighted by Gasteiger charge is -2.24. The van der Waals surface area contributed by atoms with E-state index in [1.54, 1.807) is 25.1 Å². The summed E-state index contributed by atoms with van der Waals surface area (Å²) in [5, 5.41) is 9.26. The Labute approximate surface area is 144 Å². The molecule has 2 rings (SSSR count). The smallest absolute Gasteiger partial charge is 0.324 e. The molecular weight excluding hydrogens is 361 g/mol. The van der Waals surface area contributed by atoms with Crippen molar-refractivity contribution in [1.82, 2.24) is 0 Å². The van der Waals surface area contributed by atoms with Gasteiger partial charge in [-0.3, -0.25) is 9.10 Å². The quantitative estimate of drug-likeness (QED) is 0.868. The van der Waals surface area contributed by atoms with Gasteiger partial charge >= 0.3 is 5.97 Å². The molecule has 0 radical (unpaired) electrons. The predicted molar refractivity (Wildman–Crippen MR) is 89.8 cm³/mol. The van der Waals surface area contributed by atoms with Gasteiger partial charge in [-0.2, -0.15) is 0 Å². The molecule has 8 heteroatoms. The molecule has 1 N–H and O–H groups in total. The van der Waals surface area contributed by atoms with Gasteiger partial charge in [0.1, 0.15) is 11.4 Å². The van der Waals surface area contributed by atoms with E-state index in [2.05, 4.69) is 0 Å². The van der Waals surface area contributed by atoms with Crippen molar-refractivity contribution in [2.24, 2.45) is 0 Å². The van der Waals surface area contributed by atoms with E-state index >= 15 is 0 Å². The molecule has 0 saturated carbocycles. The second-order valence-electron chi connectivity index (χ2n) is 4.77. The van der Waals surface area contributed by atoms with Crippen molar-refractivity contribution in [2.75, 3.05) is 10.8 Å². The molecule has 122 valence electrons. The van der Waals surface area contributed by atoms with E-state index in [-0.39, 0.29) is 20.6 Å². The summed E-state index contributed by atoms with van der Waals surface area (Å²) in [6.07, 6.45) is 0. The van der Waals surface area contributed by atoms with Gasteiger partial charge in [0.2, 0.25) is 0 Å². The number of carboxylic acid groups (broad SMARTS) is 1. The number of benzene rings is 2. The fraction of sp³-hybridized carbons (Fsp3) is 0.133. The van der Waals surface area contributed by atoms with Crippen molar-refractivity contribution in [3.05, 3.63) is 58.1 Å². The predicted octanol–water partition coefficient (Wildman–Crippen LogP) is 3.58. The highest BCUT2D eigenvalue weighted by atomic mass is 35.5. The maximum Gasteiger partial charge on any atom is 0.324 e. The molecule has 0 heterocycles. The van der Waals surface area contributed by atoms with Gasteiger partial charge in [0.15, 0.2) is 0 Å². The first-order chi connectivity index (χ1) is 10.7. The molecule has 23 heavy (non-hydrogen) atoms. The maximum atomic E-state index is 12.9. The highest BCUT2D eigenvalue weighted by Crippen LogP contribution is 2.31. The molecule has 0 amide bonds. The number of carboxylic acids is 1. The third-order valence-electron chi connectivity index (χ3n) is 3.12. The van der Waals surface area contributed by atoms with E-state index in [1.807, 2.05) is 0 Å². The third kappa shape index (κ3) is 3.77. The number of carbonyl (C=O) groups is 1. The van der Waals surface area contributed by atoms with Gasteiger partial charge in [-0.15, -0.1) is 0 Å². The van der Waals surface area contributed by atoms with E-state index < -0.39 is 22.5 Å². The highest BCUT2D eigenvalue weighted by Gasteiger charge is 2.30. The SMILES string of the molecule is Cc1ccccc1N(CC(=O)O)S(=O)(=O)c1cc(Cl)ccc1Cl. The van der Waals surface area contributed by atoms with Crippen LogP contribution in [0.4, 0.5) is 5.69 Å². The van der Waals surface area contributed by atoms with Crippen LogP contribution in [0.25, 0.3) is 0 Å². The van der Waals surface area contributed by atoms with E-state index in [0.29, 0.717) is 5.56 Å². The number of anilines is 1. The van der Waals surface area contributed by atoms with Crippen LogP contribution in [0, 0.1) is 6.92 Å². The first-order valence-electron chi connectivity index (χ1n) is 6.48. The molecule has 0 bridgehead atoms. The van der Waals surface area contributed by atoms with Crippen molar-refractivity contribution >= 4 is 44.9 Å². The molecule has 0 aromatic heterocycles. The molecule has 0 fully saturated rings. The third-order valence-corrected chi connectivity index (χ3v) is 5.60. The van der Waals surface area contributed by atoms with E-state index in [1.165, 1.54) is 24.3 Å². The average molecular weight is 374 g/mol. The zero-order valence-electron chi connectivity index (χ0n) is 12.0. The van der Waals surface area contributed by atoms with Crippen LogP contribution in [0.2, 0.25) is 10.0 Å². The fourth-order valence-corrected chi connectivity index (χ4v) is 4.28. The average Bonchev–Trinajstić information content (AvgIpc) is 2.48. The number of nitrogens with zero attached hydrogens (tertiary/aromatic N) is 1. The molecule has 0 spiro atoms. The lowest BCUT2D eigenvalue weighted by atomic mass is 10.2. The van der Waals surface area contributed by atoms with Gasteiger partial charge in [0, 0.05) is 5.02 Å². The zero-order valence-corrected chi connectivity index (χ0v) is 14.4. The minimum absolute atomic E-state index is 0.0293. The van der Waals surface area contributed by atoms with Crippen LogP contribution in [0.3, 0.4) is 0 Å². The zero-order chi connectivity index (χ0) is 17.2. The van der Waals surface area contributed by atoms with Gasteiger partial charge in [0.05, 0.1) is 10.7 Å². The molecule has 2 aromatic carbocycles. The van der Waals surface area contributed by atoms with E-state index in [9.17, 15) is 13.2 Å². The molecule has 0 aliphatic rings. The van der Waals surface area contributed by atoms with Crippen molar-refractivity contribution < 1.29 is 18.3 Å². The Hall–Kier alpha value is -1.76. The Balaban J connectivity index is 2.65. The Morgan fingerprint density at radius 1 is 1.17 bits per heavy atom. The minimum Gasteiger partial charge on any atom is -0.480 e. The molecule has 2 aromatic rings. The monoisotopic (exact) mass is 373 g/mol. The number of rotatable bonds is 5. The number of para-hydroxylation sites is 1. The van der Waals surface area contributed by atoms with Gasteiger partial charge in [0.25, 0.3) is 10.0 Å². The number of aryl methyl sites for hydroxylation is 1. The summed E-state index contributed by atoms with van der Waals surface area (Å²) in [6, 6.07) is 10.6. The number of aliphatic carboxylic acids is 1. The van der Waals surface area contributed by atoms with Gasteiger partial charge in [-0.25, -0.2) is 8.42 Å². The van der Waals surface area contributed by atoms with Gasteiger partial charge in [-0.1, -0.05) is 41.4 Å². The summed E-state index contributed by atoms with van der Waals surface area (Å²) in [4.78, 5) is 10.9. The second kappa shape index (κ2) is 6.78. The topological polar surface area (TPSA) is 74.7 Å². The Morgan fingerprint density at radius 2 is 1.83 bits per heavy atom.